The lowest BCUT2D eigenvalue weighted by Gasteiger charge is -2.03. The number of methoxy groups -OCH3 is 1. The number of hydrogen-bond acceptors (Lipinski definition) is 3. The summed E-state index contributed by atoms with van der Waals surface area (Å²) in [5, 5.41) is 0. The average molecular weight is 191 g/mol. The van der Waals surface area contributed by atoms with Gasteiger partial charge in [0, 0.05) is 25.9 Å². The Labute approximate surface area is 83.4 Å². The van der Waals surface area contributed by atoms with Crippen LogP contribution >= 0.6 is 0 Å². The van der Waals surface area contributed by atoms with E-state index in [2.05, 4.69) is 11.6 Å². The molecule has 3 heteroatoms. The summed E-state index contributed by atoms with van der Waals surface area (Å²) in [6, 6.07) is 3.73. The van der Waals surface area contributed by atoms with Gasteiger partial charge in [0.2, 0.25) is 0 Å². The molecule has 1 aromatic rings. The summed E-state index contributed by atoms with van der Waals surface area (Å²) in [6.45, 7) is 3.82. The van der Waals surface area contributed by atoms with Crippen molar-refractivity contribution in [2.24, 2.45) is 0 Å². The molecule has 1 aromatic heterocycles. The van der Waals surface area contributed by atoms with Gasteiger partial charge in [-0.05, 0) is 23.3 Å². The first-order chi connectivity index (χ1) is 6.74. The van der Waals surface area contributed by atoms with Gasteiger partial charge in [-0.1, -0.05) is 6.58 Å². The fourth-order valence-corrected chi connectivity index (χ4v) is 1.08. The summed E-state index contributed by atoms with van der Waals surface area (Å²) in [5.41, 5.74) is 1.60. The Morgan fingerprint density at radius 2 is 2.14 bits per heavy atom. The van der Waals surface area contributed by atoms with Crippen LogP contribution in [0.25, 0.3) is 0 Å². The first kappa shape index (κ1) is 10.6. The fraction of sp³-hybridized carbons (Fsp3) is 0.273. The van der Waals surface area contributed by atoms with Crippen LogP contribution in [0.5, 0.6) is 0 Å². The van der Waals surface area contributed by atoms with Crippen molar-refractivity contribution < 1.29 is 9.53 Å². The summed E-state index contributed by atoms with van der Waals surface area (Å²) in [4.78, 5) is 15.2. The monoisotopic (exact) mass is 191 g/mol. The number of carbonyl (C=O) groups is 1. The molecule has 1 rings (SSSR count). The second-order valence-corrected chi connectivity index (χ2v) is 2.99. The molecular formula is C11H13NO2. The van der Waals surface area contributed by atoms with Gasteiger partial charge in [0.1, 0.15) is 6.61 Å². The van der Waals surface area contributed by atoms with Crippen LogP contribution in [0.15, 0.2) is 36.7 Å². The van der Waals surface area contributed by atoms with Crippen molar-refractivity contribution in [1.29, 1.82) is 0 Å². The maximum absolute atomic E-state index is 11.3. The first-order valence-corrected chi connectivity index (χ1v) is 4.33. The number of aromatic nitrogens is 1. The standard InChI is InChI=1S/C11H13NO2/c1-9(11(13)8-14-2)7-10-3-5-12-6-4-10/h3-6H,1,7-8H2,2H3. The van der Waals surface area contributed by atoms with Crippen LogP contribution in [0.2, 0.25) is 0 Å². The van der Waals surface area contributed by atoms with E-state index in [0.717, 1.165) is 5.56 Å². The fourth-order valence-electron chi connectivity index (χ4n) is 1.08. The Balaban J connectivity index is 2.53. The lowest BCUT2D eigenvalue weighted by molar-refractivity contribution is -0.119. The normalized spacial score (nSPS) is 9.79. The quantitative estimate of drug-likeness (QED) is 0.660. The van der Waals surface area contributed by atoms with Gasteiger partial charge in [-0.15, -0.1) is 0 Å². The molecule has 14 heavy (non-hydrogen) atoms. The molecular weight excluding hydrogens is 178 g/mol. The van der Waals surface area contributed by atoms with Gasteiger partial charge in [-0.3, -0.25) is 9.78 Å². The molecule has 0 aliphatic carbocycles. The lowest BCUT2D eigenvalue weighted by atomic mass is 10.0. The first-order valence-electron chi connectivity index (χ1n) is 4.33. The SMILES string of the molecule is C=C(Cc1ccncc1)C(=O)COC. The highest BCUT2D eigenvalue weighted by molar-refractivity contribution is 5.96. The zero-order valence-corrected chi connectivity index (χ0v) is 8.19. The maximum atomic E-state index is 11.3. The van der Waals surface area contributed by atoms with Crippen molar-refractivity contribution in [3.63, 3.8) is 0 Å². The highest BCUT2D eigenvalue weighted by Crippen LogP contribution is 2.05. The zero-order valence-electron chi connectivity index (χ0n) is 8.19. The summed E-state index contributed by atoms with van der Waals surface area (Å²) < 4.78 is 4.74. The van der Waals surface area contributed by atoms with Crippen LogP contribution in [-0.2, 0) is 16.0 Å². The Morgan fingerprint density at radius 3 is 2.71 bits per heavy atom. The van der Waals surface area contributed by atoms with Crippen molar-refractivity contribution in [1.82, 2.24) is 4.98 Å². The molecule has 0 N–H and O–H groups in total. The van der Waals surface area contributed by atoms with Crippen LogP contribution in [-0.4, -0.2) is 24.5 Å². The molecule has 0 aliphatic heterocycles. The number of ketones is 1. The second-order valence-electron chi connectivity index (χ2n) is 2.99. The van der Waals surface area contributed by atoms with Crippen molar-refractivity contribution in [2.45, 2.75) is 6.42 Å². The minimum Gasteiger partial charge on any atom is -0.377 e. The van der Waals surface area contributed by atoms with Crippen molar-refractivity contribution in [2.75, 3.05) is 13.7 Å². The van der Waals surface area contributed by atoms with Gasteiger partial charge >= 0.3 is 0 Å². The molecule has 74 valence electrons. The van der Waals surface area contributed by atoms with E-state index in [9.17, 15) is 4.79 Å². The minimum atomic E-state index is -0.0516. The number of hydrogen-bond donors (Lipinski definition) is 0. The summed E-state index contributed by atoms with van der Waals surface area (Å²) in [6.07, 6.45) is 3.96. The van der Waals surface area contributed by atoms with Crippen LogP contribution in [0.1, 0.15) is 5.56 Å². The molecule has 0 bridgehead atoms. The Bertz CT molecular complexity index is 319. The van der Waals surface area contributed by atoms with Crippen molar-refractivity contribution in [3.8, 4) is 0 Å². The largest absolute Gasteiger partial charge is 0.377 e. The van der Waals surface area contributed by atoms with Gasteiger partial charge in [0.15, 0.2) is 5.78 Å². The lowest BCUT2D eigenvalue weighted by Crippen LogP contribution is -2.10. The van der Waals surface area contributed by atoms with E-state index in [4.69, 9.17) is 4.74 Å². The van der Waals surface area contributed by atoms with Crippen LogP contribution in [0.3, 0.4) is 0 Å². The number of nitrogens with zero attached hydrogens (tertiary/aromatic N) is 1. The molecule has 0 aliphatic rings. The number of carbonyl (C=O) groups excluding carboxylic acids is 1. The number of rotatable bonds is 5. The second kappa shape index (κ2) is 5.29. The van der Waals surface area contributed by atoms with E-state index in [1.807, 2.05) is 12.1 Å². The van der Waals surface area contributed by atoms with Gasteiger partial charge < -0.3 is 4.74 Å². The number of Topliss-reactive ketones (excluding diaryl/α,β-unsaturated/α-hetero) is 1. The molecule has 0 atom stereocenters. The summed E-state index contributed by atoms with van der Waals surface area (Å²) in [7, 11) is 1.50. The molecule has 3 nitrogen and oxygen atoms in total. The van der Waals surface area contributed by atoms with Crippen LogP contribution in [0.4, 0.5) is 0 Å². The highest BCUT2D eigenvalue weighted by atomic mass is 16.5. The van der Waals surface area contributed by atoms with Crippen molar-refractivity contribution in [3.05, 3.63) is 42.2 Å². The minimum absolute atomic E-state index is 0.0516. The number of pyridine rings is 1. The predicted molar refractivity (Wildman–Crippen MR) is 54.0 cm³/mol. The maximum Gasteiger partial charge on any atom is 0.184 e. The molecule has 0 radical (unpaired) electrons. The third-order valence-corrected chi connectivity index (χ3v) is 1.84. The topological polar surface area (TPSA) is 39.2 Å². The van der Waals surface area contributed by atoms with E-state index >= 15 is 0 Å². The summed E-state index contributed by atoms with van der Waals surface area (Å²) in [5.74, 6) is -0.0516. The van der Waals surface area contributed by atoms with E-state index in [0.29, 0.717) is 12.0 Å². The molecule has 0 fully saturated rings. The van der Waals surface area contributed by atoms with Gasteiger partial charge in [-0.25, -0.2) is 0 Å². The predicted octanol–water partition coefficient (Wildman–Crippen LogP) is 1.40. The smallest absolute Gasteiger partial charge is 0.184 e. The Hall–Kier alpha value is -1.48. The highest BCUT2D eigenvalue weighted by Gasteiger charge is 2.06. The third kappa shape index (κ3) is 3.11. The van der Waals surface area contributed by atoms with E-state index in [1.54, 1.807) is 12.4 Å². The molecule has 0 spiro atoms. The van der Waals surface area contributed by atoms with E-state index < -0.39 is 0 Å². The molecule has 0 saturated heterocycles. The van der Waals surface area contributed by atoms with Crippen molar-refractivity contribution >= 4 is 5.78 Å². The van der Waals surface area contributed by atoms with Crippen LogP contribution < -0.4 is 0 Å². The molecule has 0 saturated carbocycles. The third-order valence-electron chi connectivity index (χ3n) is 1.84. The van der Waals surface area contributed by atoms with Gasteiger partial charge in [-0.2, -0.15) is 0 Å². The van der Waals surface area contributed by atoms with E-state index in [1.165, 1.54) is 7.11 Å². The molecule has 1 heterocycles. The molecule has 0 unspecified atom stereocenters. The van der Waals surface area contributed by atoms with Crippen LogP contribution in [0, 0.1) is 0 Å². The van der Waals surface area contributed by atoms with E-state index in [-0.39, 0.29) is 12.4 Å². The average Bonchev–Trinajstić information content (AvgIpc) is 2.19. The number of ether oxygens (including phenoxy) is 1. The molecule has 0 amide bonds. The van der Waals surface area contributed by atoms with Gasteiger partial charge in [0.25, 0.3) is 0 Å². The molecule has 0 aromatic carbocycles. The van der Waals surface area contributed by atoms with Gasteiger partial charge in [0.05, 0.1) is 0 Å². The zero-order chi connectivity index (χ0) is 10.4. The Kier molecular flexibility index (Phi) is 4.01. The Morgan fingerprint density at radius 1 is 1.50 bits per heavy atom. The summed E-state index contributed by atoms with van der Waals surface area (Å²) >= 11 is 0.